The zero-order valence-corrected chi connectivity index (χ0v) is 14.1. The van der Waals surface area contributed by atoms with Crippen LogP contribution in [0.1, 0.15) is 10.4 Å². The number of hydrogen-bond acceptors (Lipinski definition) is 2. The molecule has 0 aliphatic carbocycles. The Balaban J connectivity index is 3.31. The first-order valence-corrected chi connectivity index (χ1v) is 13.1. The smallest absolute Gasteiger partial charge is 0.335 e. The molecule has 0 unspecified atom stereocenters. The second-order valence-electron chi connectivity index (χ2n) is 6.53. The first-order valence-electron chi connectivity index (χ1n) is 6.17. The van der Waals surface area contributed by atoms with Crippen molar-refractivity contribution in [2.24, 2.45) is 0 Å². The summed E-state index contributed by atoms with van der Waals surface area (Å²) in [6.07, 6.45) is 0. The third kappa shape index (κ3) is 3.46. The van der Waals surface area contributed by atoms with Crippen molar-refractivity contribution in [1.29, 1.82) is 0 Å². The van der Waals surface area contributed by atoms with Crippen molar-refractivity contribution in [3.8, 4) is 0 Å². The molecule has 0 atom stereocenters. The van der Waals surface area contributed by atoms with Crippen LogP contribution in [0.15, 0.2) is 24.3 Å². The predicted octanol–water partition coefficient (Wildman–Crippen LogP) is 3.86. The molecule has 0 aromatic heterocycles. The van der Waals surface area contributed by atoms with E-state index in [9.17, 15) is 4.79 Å². The first-order chi connectivity index (χ1) is 8.03. The molecule has 0 spiro atoms. The highest BCUT2D eigenvalue weighted by atomic mass is 28.4. The average Bonchev–Trinajstić information content (AvgIpc) is 2.13. The van der Waals surface area contributed by atoms with Gasteiger partial charge in [-0.15, -0.1) is 0 Å². The molecule has 0 fully saturated rings. The third-order valence-corrected chi connectivity index (χ3v) is 9.92. The van der Waals surface area contributed by atoms with E-state index in [4.69, 9.17) is 5.11 Å². The fourth-order valence-electron chi connectivity index (χ4n) is 2.56. The van der Waals surface area contributed by atoms with Crippen molar-refractivity contribution in [3.05, 3.63) is 29.8 Å². The highest BCUT2D eigenvalue weighted by Gasteiger charge is 2.34. The standard InChI is InChI=1S/C13H23NO2Si2/c1-17(2,3)14(18(4,5)6)12-9-7-8-11(10-12)13(15)16/h7-10H,1-6H3,(H,15,16). The van der Waals surface area contributed by atoms with Crippen molar-refractivity contribution in [3.63, 3.8) is 0 Å². The number of hydrogen-bond donors (Lipinski definition) is 1. The summed E-state index contributed by atoms with van der Waals surface area (Å²) in [4.78, 5) is 11.1. The molecule has 0 aliphatic heterocycles. The van der Waals surface area contributed by atoms with Crippen LogP contribution in [-0.4, -0.2) is 27.5 Å². The normalized spacial score (nSPS) is 12.3. The van der Waals surface area contributed by atoms with Gasteiger partial charge in [-0.3, -0.25) is 0 Å². The zero-order chi connectivity index (χ0) is 14.1. The molecular formula is C13H23NO2Si2. The van der Waals surface area contributed by atoms with Gasteiger partial charge < -0.3 is 9.34 Å². The van der Waals surface area contributed by atoms with Crippen LogP contribution in [0.25, 0.3) is 0 Å². The quantitative estimate of drug-likeness (QED) is 0.852. The number of carboxylic acids is 1. The molecule has 0 bridgehead atoms. The Hall–Kier alpha value is -1.08. The fourth-order valence-corrected chi connectivity index (χ4v) is 12.4. The first kappa shape index (κ1) is 15.0. The Bertz CT molecular complexity index is 433. The second kappa shape index (κ2) is 4.89. The maximum absolute atomic E-state index is 11.1. The van der Waals surface area contributed by atoms with Crippen molar-refractivity contribution in [1.82, 2.24) is 0 Å². The lowest BCUT2D eigenvalue weighted by Crippen LogP contribution is -2.59. The van der Waals surface area contributed by atoms with Crippen LogP contribution in [0, 0.1) is 0 Å². The summed E-state index contributed by atoms with van der Waals surface area (Å²) in [6, 6.07) is 7.33. The summed E-state index contributed by atoms with van der Waals surface area (Å²) in [5.41, 5.74) is 1.43. The Kier molecular flexibility index (Phi) is 4.07. The number of aromatic carboxylic acids is 1. The molecule has 1 aromatic carbocycles. The Morgan fingerprint density at radius 1 is 1.06 bits per heavy atom. The molecule has 1 rings (SSSR count). The number of nitrogens with zero attached hydrogens (tertiary/aromatic N) is 1. The van der Waals surface area contributed by atoms with Gasteiger partial charge in [-0.05, 0) is 18.2 Å². The number of benzene rings is 1. The second-order valence-corrected chi connectivity index (χ2v) is 16.6. The minimum Gasteiger partial charge on any atom is -0.478 e. The lowest BCUT2D eigenvalue weighted by molar-refractivity contribution is 0.0697. The summed E-state index contributed by atoms with van der Waals surface area (Å²) in [6.45, 7) is 13.8. The van der Waals surface area contributed by atoms with Crippen LogP contribution < -0.4 is 4.23 Å². The number of carboxylic acid groups (broad SMARTS) is 1. The lowest BCUT2D eigenvalue weighted by Gasteiger charge is -2.46. The highest BCUT2D eigenvalue weighted by molar-refractivity contribution is 6.99. The van der Waals surface area contributed by atoms with Crippen LogP contribution in [0.2, 0.25) is 39.3 Å². The van der Waals surface area contributed by atoms with E-state index in [0.717, 1.165) is 5.69 Å². The topological polar surface area (TPSA) is 40.5 Å². The molecule has 100 valence electrons. The van der Waals surface area contributed by atoms with Crippen molar-refractivity contribution in [2.45, 2.75) is 39.3 Å². The van der Waals surface area contributed by atoms with Gasteiger partial charge in [0.05, 0.1) is 5.56 Å². The predicted molar refractivity (Wildman–Crippen MR) is 82.6 cm³/mol. The highest BCUT2D eigenvalue weighted by Crippen LogP contribution is 2.28. The van der Waals surface area contributed by atoms with Gasteiger partial charge in [0.1, 0.15) is 16.5 Å². The molecule has 0 saturated carbocycles. The molecule has 0 radical (unpaired) electrons. The van der Waals surface area contributed by atoms with Crippen LogP contribution in [0.3, 0.4) is 0 Å². The Morgan fingerprint density at radius 2 is 1.56 bits per heavy atom. The van der Waals surface area contributed by atoms with Gasteiger partial charge in [0, 0.05) is 5.69 Å². The molecule has 18 heavy (non-hydrogen) atoms. The summed E-state index contributed by atoms with van der Waals surface area (Å²) in [7, 11) is -3.04. The molecule has 0 saturated heterocycles. The van der Waals surface area contributed by atoms with Crippen molar-refractivity contribution >= 4 is 28.1 Å². The SMILES string of the molecule is C[Si](C)(C)N(c1cccc(C(=O)O)c1)[Si](C)(C)C. The van der Waals surface area contributed by atoms with Gasteiger partial charge in [0.2, 0.25) is 0 Å². The van der Waals surface area contributed by atoms with Crippen molar-refractivity contribution in [2.75, 3.05) is 4.23 Å². The molecule has 0 heterocycles. The van der Waals surface area contributed by atoms with Crippen LogP contribution in [0.5, 0.6) is 0 Å². The summed E-state index contributed by atoms with van der Waals surface area (Å²) >= 11 is 0. The van der Waals surface area contributed by atoms with Crippen LogP contribution >= 0.6 is 0 Å². The van der Waals surface area contributed by atoms with E-state index in [1.54, 1.807) is 12.1 Å². The van der Waals surface area contributed by atoms with E-state index in [2.05, 4.69) is 43.5 Å². The third-order valence-electron chi connectivity index (χ3n) is 2.69. The minimum atomic E-state index is -1.52. The fraction of sp³-hybridized carbons (Fsp3) is 0.462. The largest absolute Gasteiger partial charge is 0.478 e. The van der Waals surface area contributed by atoms with E-state index in [0.29, 0.717) is 5.56 Å². The summed E-state index contributed by atoms with van der Waals surface area (Å²) in [5, 5.41) is 9.10. The van der Waals surface area contributed by atoms with Crippen LogP contribution in [-0.2, 0) is 0 Å². The summed E-state index contributed by atoms with van der Waals surface area (Å²) < 4.78 is 2.52. The number of rotatable bonds is 4. The Labute approximate surface area is 112 Å². The summed E-state index contributed by atoms with van der Waals surface area (Å²) in [5.74, 6) is -0.858. The number of anilines is 1. The molecule has 5 heteroatoms. The van der Waals surface area contributed by atoms with Crippen LogP contribution in [0.4, 0.5) is 5.69 Å². The maximum atomic E-state index is 11.1. The zero-order valence-electron chi connectivity index (χ0n) is 12.1. The van der Waals surface area contributed by atoms with E-state index in [1.165, 1.54) is 0 Å². The van der Waals surface area contributed by atoms with Gasteiger partial charge in [0.15, 0.2) is 0 Å². The van der Waals surface area contributed by atoms with E-state index in [-0.39, 0.29) is 0 Å². The molecule has 3 nitrogen and oxygen atoms in total. The van der Waals surface area contributed by atoms with Gasteiger partial charge in [-0.25, -0.2) is 4.79 Å². The van der Waals surface area contributed by atoms with Gasteiger partial charge >= 0.3 is 5.97 Å². The molecule has 1 N–H and O–H groups in total. The van der Waals surface area contributed by atoms with Gasteiger partial charge in [-0.1, -0.05) is 45.3 Å². The number of carbonyl (C=O) groups is 1. The van der Waals surface area contributed by atoms with Gasteiger partial charge in [-0.2, -0.15) is 0 Å². The maximum Gasteiger partial charge on any atom is 0.335 e. The molecule has 1 aromatic rings. The minimum absolute atomic E-state index is 0.369. The molecule has 0 aliphatic rings. The van der Waals surface area contributed by atoms with E-state index >= 15 is 0 Å². The lowest BCUT2D eigenvalue weighted by atomic mass is 10.2. The van der Waals surface area contributed by atoms with E-state index < -0.39 is 22.4 Å². The van der Waals surface area contributed by atoms with E-state index in [1.807, 2.05) is 12.1 Å². The Morgan fingerprint density at radius 3 is 1.94 bits per heavy atom. The molecule has 0 amide bonds. The van der Waals surface area contributed by atoms with Gasteiger partial charge in [0.25, 0.3) is 0 Å². The average molecular weight is 282 g/mol. The van der Waals surface area contributed by atoms with Crippen molar-refractivity contribution < 1.29 is 9.90 Å². The monoisotopic (exact) mass is 281 g/mol. The molecular weight excluding hydrogens is 258 g/mol.